The fraction of sp³-hybridized carbons (Fsp3) is 0.364. The molecule has 0 amide bonds. The Labute approximate surface area is 112 Å². The van der Waals surface area contributed by atoms with Crippen LogP contribution >= 0.6 is 12.4 Å². The molecule has 1 aromatic rings. The summed E-state index contributed by atoms with van der Waals surface area (Å²) in [6.45, 7) is 0. The lowest BCUT2D eigenvalue weighted by Gasteiger charge is -2.14. The molecule has 5 nitrogen and oxygen atoms in total. The third kappa shape index (κ3) is 3.36. The topological polar surface area (TPSA) is 93.2 Å². The molecule has 0 spiro atoms. The van der Waals surface area contributed by atoms with Gasteiger partial charge in [0.05, 0.1) is 17.1 Å². The molecule has 0 aromatic heterocycles. The first-order valence-corrected chi connectivity index (χ1v) is 7.10. The molecule has 3 N–H and O–H groups in total. The van der Waals surface area contributed by atoms with Crippen LogP contribution in [-0.4, -0.2) is 31.9 Å². The van der Waals surface area contributed by atoms with Gasteiger partial charge in [-0.15, -0.1) is 12.4 Å². The normalized spacial score (nSPS) is 21.0. The monoisotopic (exact) mass is 290 g/mol. The lowest BCUT2D eigenvalue weighted by molar-refractivity contribution is 0.228. The standard InChI is InChI=1S/C11H14N2O3S.ClH/c12-11(13)9-3-1-2-4-10(9)16-8-5-6-17(14,15)7-8;/h1-4,8H,5-7H2,(H3,12,13);1H. The van der Waals surface area contributed by atoms with E-state index in [0.717, 1.165) is 0 Å². The number of hydrogen-bond donors (Lipinski definition) is 2. The number of para-hydroxylation sites is 1. The second kappa shape index (κ2) is 5.58. The molecule has 1 saturated heterocycles. The van der Waals surface area contributed by atoms with Crippen molar-refractivity contribution in [3.05, 3.63) is 29.8 Å². The number of nitrogen functional groups attached to an aromatic ring is 1. The molecule has 2 rings (SSSR count). The number of sulfone groups is 1. The summed E-state index contributed by atoms with van der Waals surface area (Å²) in [5.74, 6) is 0.600. The molecular formula is C11H15ClN2O3S. The van der Waals surface area contributed by atoms with Crippen LogP contribution in [0, 0.1) is 5.41 Å². The summed E-state index contributed by atoms with van der Waals surface area (Å²) in [7, 11) is -2.96. The minimum absolute atomic E-state index is 0. The Morgan fingerprint density at radius 2 is 2.06 bits per heavy atom. The fourth-order valence-corrected chi connectivity index (χ4v) is 3.42. The van der Waals surface area contributed by atoms with E-state index in [4.69, 9.17) is 15.9 Å². The van der Waals surface area contributed by atoms with Crippen LogP contribution in [-0.2, 0) is 9.84 Å². The second-order valence-corrected chi connectivity index (χ2v) is 6.28. The van der Waals surface area contributed by atoms with Gasteiger partial charge in [-0.2, -0.15) is 0 Å². The van der Waals surface area contributed by atoms with Crippen LogP contribution in [0.5, 0.6) is 5.75 Å². The number of benzene rings is 1. The van der Waals surface area contributed by atoms with Gasteiger partial charge in [0.25, 0.3) is 0 Å². The summed E-state index contributed by atoms with van der Waals surface area (Å²) in [5, 5.41) is 7.41. The molecule has 0 bridgehead atoms. The highest BCUT2D eigenvalue weighted by Gasteiger charge is 2.29. The van der Waals surface area contributed by atoms with Crippen molar-refractivity contribution in [2.45, 2.75) is 12.5 Å². The predicted molar refractivity (Wildman–Crippen MR) is 72.4 cm³/mol. The molecule has 1 heterocycles. The summed E-state index contributed by atoms with van der Waals surface area (Å²) in [5.41, 5.74) is 5.92. The van der Waals surface area contributed by atoms with Crippen LogP contribution in [0.2, 0.25) is 0 Å². The lowest BCUT2D eigenvalue weighted by Crippen LogP contribution is -2.20. The van der Waals surface area contributed by atoms with Crippen LogP contribution in [0.25, 0.3) is 0 Å². The number of hydrogen-bond acceptors (Lipinski definition) is 4. The number of ether oxygens (including phenoxy) is 1. The van der Waals surface area contributed by atoms with Gasteiger partial charge in [0, 0.05) is 0 Å². The Hall–Kier alpha value is -1.27. The van der Waals surface area contributed by atoms with E-state index in [1.165, 1.54) is 0 Å². The number of rotatable bonds is 3. The summed E-state index contributed by atoms with van der Waals surface area (Å²) in [6.07, 6.45) is 0.162. The zero-order chi connectivity index (χ0) is 12.5. The predicted octanol–water partition coefficient (Wildman–Crippen LogP) is 0.958. The average molecular weight is 291 g/mol. The molecule has 1 aliphatic rings. The highest BCUT2D eigenvalue weighted by Crippen LogP contribution is 2.23. The summed E-state index contributed by atoms with van der Waals surface area (Å²) in [6, 6.07) is 6.91. The molecule has 1 fully saturated rings. The number of nitrogens with two attached hydrogens (primary N) is 1. The highest BCUT2D eigenvalue weighted by molar-refractivity contribution is 7.91. The van der Waals surface area contributed by atoms with Gasteiger partial charge in [-0.1, -0.05) is 12.1 Å². The number of amidine groups is 1. The minimum atomic E-state index is -2.96. The van der Waals surface area contributed by atoms with Gasteiger partial charge in [-0.25, -0.2) is 8.42 Å². The largest absolute Gasteiger partial charge is 0.489 e. The molecule has 100 valence electrons. The van der Waals surface area contributed by atoms with Crippen molar-refractivity contribution < 1.29 is 13.2 Å². The molecule has 0 aliphatic carbocycles. The van der Waals surface area contributed by atoms with Crippen molar-refractivity contribution >= 4 is 28.1 Å². The molecule has 1 unspecified atom stereocenters. The van der Waals surface area contributed by atoms with Crippen molar-refractivity contribution in [1.29, 1.82) is 5.41 Å². The fourth-order valence-electron chi connectivity index (χ4n) is 1.83. The summed E-state index contributed by atoms with van der Waals surface area (Å²) < 4.78 is 28.2. The first-order chi connectivity index (χ1) is 7.98. The molecule has 1 aliphatic heterocycles. The van der Waals surface area contributed by atoms with E-state index < -0.39 is 9.84 Å². The first-order valence-electron chi connectivity index (χ1n) is 5.28. The zero-order valence-electron chi connectivity index (χ0n) is 9.63. The SMILES string of the molecule is Cl.N=C(N)c1ccccc1OC1CCS(=O)(=O)C1. The maximum atomic E-state index is 11.3. The Morgan fingerprint density at radius 3 is 2.61 bits per heavy atom. The van der Waals surface area contributed by atoms with Crippen LogP contribution in [0.1, 0.15) is 12.0 Å². The van der Waals surface area contributed by atoms with Crippen LogP contribution in [0.4, 0.5) is 0 Å². The Morgan fingerprint density at radius 1 is 1.39 bits per heavy atom. The van der Waals surface area contributed by atoms with Gasteiger partial charge in [0.15, 0.2) is 9.84 Å². The van der Waals surface area contributed by atoms with Crippen LogP contribution < -0.4 is 10.5 Å². The van der Waals surface area contributed by atoms with E-state index in [2.05, 4.69) is 0 Å². The molecular weight excluding hydrogens is 276 g/mol. The Bertz CT molecular complexity index is 545. The second-order valence-electron chi connectivity index (χ2n) is 4.05. The Kier molecular flexibility index (Phi) is 4.59. The van der Waals surface area contributed by atoms with E-state index in [0.29, 0.717) is 17.7 Å². The molecule has 7 heteroatoms. The van der Waals surface area contributed by atoms with Crippen molar-refractivity contribution in [1.82, 2.24) is 0 Å². The van der Waals surface area contributed by atoms with E-state index >= 15 is 0 Å². The third-order valence-electron chi connectivity index (χ3n) is 2.66. The van der Waals surface area contributed by atoms with E-state index in [9.17, 15) is 8.42 Å². The lowest BCUT2D eigenvalue weighted by atomic mass is 10.2. The smallest absolute Gasteiger partial charge is 0.154 e. The van der Waals surface area contributed by atoms with Crippen molar-refractivity contribution in [3.8, 4) is 5.75 Å². The van der Waals surface area contributed by atoms with Gasteiger partial charge in [-0.05, 0) is 18.6 Å². The van der Waals surface area contributed by atoms with E-state index in [1.807, 2.05) is 0 Å². The number of nitrogens with one attached hydrogen (secondary N) is 1. The van der Waals surface area contributed by atoms with E-state index in [-0.39, 0.29) is 35.9 Å². The van der Waals surface area contributed by atoms with E-state index in [1.54, 1.807) is 24.3 Å². The third-order valence-corrected chi connectivity index (χ3v) is 4.40. The Balaban J connectivity index is 0.00000162. The van der Waals surface area contributed by atoms with Gasteiger partial charge in [-0.3, -0.25) is 5.41 Å². The van der Waals surface area contributed by atoms with Gasteiger partial charge < -0.3 is 10.5 Å². The molecule has 0 radical (unpaired) electrons. The molecule has 1 aromatic carbocycles. The maximum absolute atomic E-state index is 11.3. The average Bonchev–Trinajstić information content (AvgIpc) is 2.58. The maximum Gasteiger partial charge on any atom is 0.154 e. The summed E-state index contributed by atoms with van der Waals surface area (Å²) in [4.78, 5) is 0. The van der Waals surface area contributed by atoms with Crippen molar-refractivity contribution in [2.75, 3.05) is 11.5 Å². The molecule has 0 saturated carbocycles. The quantitative estimate of drug-likeness (QED) is 0.640. The van der Waals surface area contributed by atoms with Crippen molar-refractivity contribution in [3.63, 3.8) is 0 Å². The molecule has 1 atom stereocenters. The zero-order valence-corrected chi connectivity index (χ0v) is 11.3. The minimum Gasteiger partial charge on any atom is -0.489 e. The van der Waals surface area contributed by atoms with Gasteiger partial charge in [0.1, 0.15) is 17.7 Å². The van der Waals surface area contributed by atoms with Crippen LogP contribution in [0.3, 0.4) is 0 Å². The van der Waals surface area contributed by atoms with Crippen molar-refractivity contribution in [2.24, 2.45) is 5.73 Å². The van der Waals surface area contributed by atoms with Gasteiger partial charge in [0.2, 0.25) is 0 Å². The highest BCUT2D eigenvalue weighted by atomic mass is 35.5. The van der Waals surface area contributed by atoms with Gasteiger partial charge >= 0.3 is 0 Å². The number of halogens is 1. The first kappa shape index (κ1) is 14.8. The molecule has 18 heavy (non-hydrogen) atoms. The van der Waals surface area contributed by atoms with Crippen LogP contribution in [0.15, 0.2) is 24.3 Å². The summed E-state index contributed by atoms with van der Waals surface area (Å²) >= 11 is 0.